The van der Waals surface area contributed by atoms with Crippen LogP contribution in [0.15, 0.2) is 46.1 Å². The van der Waals surface area contributed by atoms with Gasteiger partial charge in [-0.3, -0.25) is 14.6 Å². The molecule has 0 aliphatic carbocycles. The largest absolute Gasteiger partial charge is 0.378 e. The van der Waals surface area contributed by atoms with Gasteiger partial charge in [0.05, 0.1) is 24.6 Å². The number of hydrogen-bond acceptors (Lipinski definition) is 5. The van der Waals surface area contributed by atoms with Crippen molar-refractivity contribution in [2.75, 3.05) is 36.5 Å². The highest BCUT2D eigenvalue weighted by atomic mass is 16.5. The first-order valence-corrected chi connectivity index (χ1v) is 8.15. The van der Waals surface area contributed by atoms with Crippen molar-refractivity contribution in [3.05, 3.63) is 57.4 Å². The zero-order valence-corrected chi connectivity index (χ0v) is 13.7. The summed E-state index contributed by atoms with van der Waals surface area (Å²) < 4.78 is 6.66. The van der Waals surface area contributed by atoms with Gasteiger partial charge in [0.2, 0.25) is 5.91 Å². The van der Waals surface area contributed by atoms with Crippen molar-refractivity contribution in [1.82, 2.24) is 9.55 Å². The minimum absolute atomic E-state index is 0.128. The van der Waals surface area contributed by atoms with E-state index in [1.807, 2.05) is 24.3 Å². The third-order valence-electron chi connectivity index (χ3n) is 4.01. The molecule has 2 N–H and O–H groups in total. The van der Waals surface area contributed by atoms with Crippen molar-refractivity contribution in [2.45, 2.75) is 13.0 Å². The number of rotatable bonds is 5. The molecule has 8 heteroatoms. The molecule has 0 saturated carbocycles. The van der Waals surface area contributed by atoms with Gasteiger partial charge in [-0.05, 0) is 12.1 Å². The quantitative estimate of drug-likeness (QED) is 0.819. The Morgan fingerprint density at radius 1 is 1.16 bits per heavy atom. The van der Waals surface area contributed by atoms with E-state index in [1.165, 1.54) is 16.8 Å². The average Bonchev–Trinajstić information content (AvgIpc) is 2.62. The number of carbonyl (C=O) groups excluding carboxylic acids is 1. The normalized spacial score (nSPS) is 14.3. The smallest absolute Gasteiger partial charge is 0.328 e. The Morgan fingerprint density at radius 2 is 1.92 bits per heavy atom. The van der Waals surface area contributed by atoms with Crippen LogP contribution in [0, 0.1) is 0 Å². The van der Waals surface area contributed by atoms with Crippen LogP contribution in [0.4, 0.5) is 11.4 Å². The van der Waals surface area contributed by atoms with E-state index in [9.17, 15) is 14.4 Å². The number of para-hydroxylation sites is 2. The number of anilines is 2. The molecule has 0 spiro atoms. The summed E-state index contributed by atoms with van der Waals surface area (Å²) in [5, 5.41) is 2.90. The van der Waals surface area contributed by atoms with Gasteiger partial charge in [-0.1, -0.05) is 12.1 Å². The topological polar surface area (TPSA) is 96.4 Å². The lowest BCUT2D eigenvalue weighted by Crippen LogP contribution is -2.36. The van der Waals surface area contributed by atoms with Gasteiger partial charge in [-0.15, -0.1) is 0 Å². The number of nitrogens with zero attached hydrogens (tertiary/aromatic N) is 2. The number of aryl methyl sites for hydroxylation is 1. The summed E-state index contributed by atoms with van der Waals surface area (Å²) in [7, 11) is 0. The molecule has 2 heterocycles. The molecule has 2 aromatic rings. The predicted octanol–water partition coefficient (Wildman–Crippen LogP) is 0.402. The Hall–Kier alpha value is -2.87. The first-order chi connectivity index (χ1) is 12.1. The Labute approximate surface area is 144 Å². The summed E-state index contributed by atoms with van der Waals surface area (Å²) in [5.74, 6) is -0.196. The van der Waals surface area contributed by atoms with E-state index in [-0.39, 0.29) is 18.9 Å². The van der Waals surface area contributed by atoms with E-state index in [1.54, 1.807) is 0 Å². The molecule has 25 heavy (non-hydrogen) atoms. The molecule has 1 saturated heterocycles. The fourth-order valence-electron chi connectivity index (χ4n) is 2.71. The number of aromatic nitrogens is 2. The van der Waals surface area contributed by atoms with Crippen LogP contribution >= 0.6 is 0 Å². The Kier molecular flexibility index (Phi) is 5.30. The first-order valence-electron chi connectivity index (χ1n) is 8.15. The number of morpholine rings is 1. The highest BCUT2D eigenvalue weighted by Gasteiger charge is 2.15. The number of carbonyl (C=O) groups is 1. The van der Waals surface area contributed by atoms with Gasteiger partial charge in [0.1, 0.15) is 0 Å². The number of nitrogens with one attached hydrogen (secondary N) is 2. The Morgan fingerprint density at radius 3 is 2.68 bits per heavy atom. The number of benzene rings is 1. The minimum Gasteiger partial charge on any atom is -0.378 e. The molecule has 3 rings (SSSR count). The monoisotopic (exact) mass is 344 g/mol. The molecule has 132 valence electrons. The van der Waals surface area contributed by atoms with Gasteiger partial charge >= 0.3 is 5.69 Å². The minimum atomic E-state index is -0.519. The zero-order valence-electron chi connectivity index (χ0n) is 13.7. The van der Waals surface area contributed by atoms with E-state index in [4.69, 9.17) is 4.74 Å². The standard InChI is InChI=1S/C17H20N4O4/c22-15(5-7-21-8-6-16(23)19-17(21)24)18-13-3-1-2-4-14(13)20-9-11-25-12-10-20/h1-4,6,8H,5,7,9-12H2,(H,18,22)(H,19,23,24). The molecule has 8 nitrogen and oxygen atoms in total. The van der Waals surface area contributed by atoms with E-state index in [0.29, 0.717) is 13.2 Å². The summed E-state index contributed by atoms with van der Waals surface area (Å²) in [6.45, 7) is 3.08. The lowest BCUT2D eigenvalue weighted by molar-refractivity contribution is -0.116. The van der Waals surface area contributed by atoms with Crippen LogP contribution < -0.4 is 21.5 Å². The molecule has 1 amide bonds. The summed E-state index contributed by atoms with van der Waals surface area (Å²) in [6.07, 6.45) is 1.51. The van der Waals surface area contributed by atoms with Crippen LogP contribution in [0.2, 0.25) is 0 Å². The van der Waals surface area contributed by atoms with Gasteiger partial charge in [0.15, 0.2) is 0 Å². The van der Waals surface area contributed by atoms with Gasteiger partial charge in [-0.25, -0.2) is 4.79 Å². The van der Waals surface area contributed by atoms with E-state index < -0.39 is 11.2 Å². The van der Waals surface area contributed by atoms with Crippen molar-refractivity contribution >= 4 is 17.3 Å². The third-order valence-corrected chi connectivity index (χ3v) is 4.01. The number of ether oxygens (including phenoxy) is 1. The number of aromatic amines is 1. The fourth-order valence-corrected chi connectivity index (χ4v) is 2.71. The highest BCUT2D eigenvalue weighted by molar-refractivity contribution is 5.94. The molecule has 1 aliphatic rings. The van der Waals surface area contributed by atoms with Crippen molar-refractivity contribution in [2.24, 2.45) is 0 Å². The van der Waals surface area contributed by atoms with Crippen molar-refractivity contribution in [3.63, 3.8) is 0 Å². The molecule has 0 bridgehead atoms. The summed E-state index contributed by atoms with van der Waals surface area (Å²) >= 11 is 0. The molecular formula is C17H20N4O4. The van der Waals surface area contributed by atoms with Crippen LogP contribution in [0.1, 0.15) is 6.42 Å². The van der Waals surface area contributed by atoms with Crippen molar-refractivity contribution in [1.29, 1.82) is 0 Å². The second-order valence-corrected chi connectivity index (χ2v) is 5.72. The number of hydrogen-bond donors (Lipinski definition) is 2. The summed E-state index contributed by atoms with van der Waals surface area (Å²) in [5.41, 5.74) is 0.725. The van der Waals surface area contributed by atoms with Crippen LogP contribution in [0.25, 0.3) is 0 Å². The van der Waals surface area contributed by atoms with Gasteiger partial charge in [0.25, 0.3) is 5.56 Å². The molecule has 1 aromatic heterocycles. The Bertz CT molecular complexity index is 852. The molecule has 0 radical (unpaired) electrons. The SMILES string of the molecule is O=C(CCn1ccc(=O)[nH]c1=O)Nc1ccccc1N1CCOCC1. The lowest BCUT2D eigenvalue weighted by Gasteiger charge is -2.30. The van der Waals surface area contributed by atoms with Crippen molar-refractivity contribution in [3.8, 4) is 0 Å². The van der Waals surface area contributed by atoms with Crippen molar-refractivity contribution < 1.29 is 9.53 Å². The molecule has 0 unspecified atom stereocenters. The maximum atomic E-state index is 12.3. The average molecular weight is 344 g/mol. The van der Waals surface area contributed by atoms with Crippen LogP contribution in [-0.2, 0) is 16.1 Å². The molecule has 1 aliphatic heterocycles. The van der Waals surface area contributed by atoms with Crippen LogP contribution in [0.3, 0.4) is 0 Å². The van der Waals surface area contributed by atoms with Crippen LogP contribution in [-0.4, -0.2) is 41.8 Å². The Balaban J connectivity index is 1.65. The predicted molar refractivity (Wildman–Crippen MR) is 94.0 cm³/mol. The summed E-state index contributed by atoms with van der Waals surface area (Å²) in [4.78, 5) is 39.3. The van der Waals surface area contributed by atoms with Gasteiger partial charge in [0, 0.05) is 38.3 Å². The molecule has 1 fully saturated rings. The number of H-pyrrole nitrogens is 1. The van der Waals surface area contributed by atoms with E-state index >= 15 is 0 Å². The van der Waals surface area contributed by atoms with Gasteiger partial charge < -0.3 is 19.5 Å². The number of amides is 1. The second-order valence-electron chi connectivity index (χ2n) is 5.72. The maximum Gasteiger partial charge on any atom is 0.328 e. The van der Waals surface area contributed by atoms with Gasteiger partial charge in [-0.2, -0.15) is 0 Å². The molecule has 1 aromatic carbocycles. The second kappa shape index (κ2) is 7.80. The summed E-state index contributed by atoms with van der Waals surface area (Å²) in [6, 6.07) is 8.88. The first kappa shape index (κ1) is 17.0. The van der Waals surface area contributed by atoms with E-state index in [2.05, 4.69) is 15.2 Å². The fraction of sp³-hybridized carbons (Fsp3) is 0.353. The lowest BCUT2D eigenvalue weighted by atomic mass is 10.2. The third kappa shape index (κ3) is 4.36. The molecule has 0 atom stereocenters. The highest BCUT2D eigenvalue weighted by Crippen LogP contribution is 2.26. The van der Waals surface area contributed by atoms with E-state index in [0.717, 1.165) is 24.5 Å². The van der Waals surface area contributed by atoms with Crippen LogP contribution in [0.5, 0.6) is 0 Å². The maximum absolute atomic E-state index is 12.3. The molecular weight excluding hydrogens is 324 g/mol. The zero-order chi connectivity index (χ0) is 17.6.